The van der Waals surface area contributed by atoms with Crippen molar-refractivity contribution in [1.82, 2.24) is 10.2 Å². The van der Waals surface area contributed by atoms with Gasteiger partial charge in [0, 0.05) is 25.2 Å². The number of carboxylic acids is 1. The zero-order chi connectivity index (χ0) is 18.6. The molecule has 1 aliphatic rings. The molecule has 3 atom stereocenters. The lowest BCUT2D eigenvalue weighted by molar-refractivity contribution is -0.144. The van der Waals surface area contributed by atoms with Gasteiger partial charge in [-0.1, -0.05) is 30.3 Å². The van der Waals surface area contributed by atoms with Crippen LogP contribution in [0.5, 0.6) is 0 Å². The molecule has 6 nitrogen and oxygen atoms in total. The number of piperidine rings is 1. The minimum atomic E-state index is -0.897. The zero-order valence-corrected chi connectivity index (χ0v) is 15.4. The van der Waals surface area contributed by atoms with E-state index in [4.69, 9.17) is 4.74 Å². The van der Waals surface area contributed by atoms with Crippen LogP contribution in [-0.4, -0.2) is 46.8 Å². The number of carbonyl (C=O) groups is 2. The smallest absolute Gasteiger partial charge is 0.410 e. The maximum atomic E-state index is 12.2. The molecule has 0 bridgehead atoms. The van der Waals surface area contributed by atoms with Gasteiger partial charge in [0.2, 0.25) is 0 Å². The van der Waals surface area contributed by atoms with Crippen LogP contribution < -0.4 is 5.32 Å². The highest BCUT2D eigenvalue weighted by atomic mass is 16.6. The van der Waals surface area contributed by atoms with E-state index in [1.165, 1.54) is 4.90 Å². The van der Waals surface area contributed by atoms with Gasteiger partial charge in [-0.15, -0.1) is 0 Å². The van der Waals surface area contributed by atoms with Crippen LogP contribution in [-0.2, 0) is 9.53 Å². The van der Waals surface area contributed by atoms with Gasteiger partial charge < -0.3 is 20.1 Å². The summed E-state index contributed by atoms with van der Waals surface area (Å²) < 4.78 is 5.36. The summed E-state index contributed by atoms with van der Waals surface area (Å²) in [4.78, 5) is 25.4. The lowest BCUT2D eigenvalue weighted by Gasteiger charge is -2.38. The predicted octanol–water partition coefficient (Wildman–Crippen LogP) is 3.05. The Bertz CT molecular complexity index is 597. The topological polar surface area (TPSA) is 78.9 Å². The second-order valence-electron chi connectivity index (χ2n) is 7.57. The van der Waals surface area contributed by atoms with Crippen molar-refractivity contribution >= 4 is 12.1 Å². The number of rotatable bonds is 4. The molecule has 1 heterocycles. The molecule has 0 aromatic heterocycles. The minimum absolute atomic E-state index is 0.0427. The molecule has 1 aromatic carbocycles. The fourth-order valence-corrected chi connectivity index (χ4v) is 3.05. The van der Waals surface area contributed by atoms with Crippen molar-refractivity contribution in [2.75, 3.05) is 13.1 Å². The van der Waals surface area contributed by atoms with E-state index in [2.05, 4.69) is 5.32 Å². The molecule has 1 aliphatic heterocycles. The largest absolute Gasteiger partial charge is 0.481 e. The lowest BCUT2D eigenvalue weighted by Crippen LogP contribution is -2.54. The van der Waals surface area contributed by atoms with Crippen LogP contribution in [0.4, 0.5) is 4.79 Å². The van der Waals surface area contributed by atoms with Crippen LogP contribution in [0.25, 0.3) is 0 Å². The zero-order valence-electron chi connectivity index (χ0n) is 15.4. The molecule has 25 heavy (non-hydrogen) atoms. The minimum Gasteiger partial charge on any atom is -0.481 e. The van der Waals surface area contributed by atoms with Gasteiger partial charge >= 0.3 is 12.1 Å². The Balaban J connectivity index is 2.02. The van der Waals surface area contributed by atoms with Gasteiger partial charge in [-0.2, -0.15) is 0 Å². The van der Waals surface area contributed by atoms with E-state index >= 15 is 0 Å². The molecule has 1 saturated heterocycles. The number of hydrogen-bond acceptors (Lipinski definition) is 4. The Hall–Kier alpha value is -2.08. The van der Waals surface area contributed by atoms with E-state index in [1.807, 2.05) is 37.3 Å². The first-order valence-electron chi connectivity index (χ1n) is 8.69. The standard InChI is InChI=1S/C19H28N2O4/c1-13(14-8-6-5-7-9-14)20-16-10-11-21(12-15(16)17(22)23)18(24)25-19(2,3)4/h5-9,13,15-16,20H,10-12H2,1-4H3,(H,22,23)/t13-,15+,16+/m0/s1. The Labute approximate surface area is 149 Å². The van der Waals surface area contributed by atoms with Crippen molar-refractivity contribution in [1.29, 1.82) is 0 Å². The Kier molecular flexibility index (Phi) is 6.06. The van der Waals surface area contributed by atoms with Crippen molar-refractivity contribution in [3.63, 3.8) is 0 Å². The van der Waals surface area contributed by atoms with Crippen molar-refractivity contribution in [2.24, 2.45) is 5.92 Å². The second kappa shape index (κ2) is 7.87. The fraction of sp³-hybridized carbons (Fsp3) is 0.579. The third-order valence-electron chi connectivity index (χ3n) is 4.35. The number of ether oxygens (including phenoxy) is 1. The van der Waals surface area contributed by atoms with Crippen molar-refractivity contribution < 1.29 is 19.4 Å². The van der Waals surface area contributed by atoms with Crippen molar-refractivity contribution in [3.8, 4) is 0 Å². The highest BCUT2D eigenvalue weighted by Gasteiger charge is 2.38. The van der Waals surface area contributed by atoms with E-state index in [-0.39, 0.29) is 18.6 Å². The number of likely N-dealkylation sites (tertiary alicyclic amines) is 1. The van der Waals surface area contributed by atoms with Gasteiger partial charge in [0.15, 0.2) is 0 Å². The summed E-state index contributed by atoms with van der Waals surface area (Å²) in [5.74, 6) is -1.56. The van der Waals surface area contributed by atoms with Crippen LogP contribution >= 0.6 is 0 Å². The SMILES string of the molecule is C[C@H](N[C@@H]1CCN(C(=O)OC(C)(C)C)C[C@H]1C(=O)O)c1ccccc1. The van der Waals surface area contributed by atoms with Gasteiger partial charge in [-0.05, 0) is 39.7 Å². The van der Waals surface area contributed by atoms with E-state index in [1.54, 1.807) is 20.8 Å². The Morgan fingerprint density at radius 2 is 1.92 bits per heavy atom. The predicted molar refractivity (Wildman–Crippen MR) is 95.3 cm³/mol. The molecule has 2 rings (SSSR count). The molecule has 138 valence electrons. The molecule has 0 unspecified atom stereocenters. The molecule has 0 spiro atoms. The molecular formula is C19H28N2O4. The summed E-state index contributed by atoms with van der Waals surface area (Å²) >= 11 is 0. The van der Waals surface area contributed by atoms with Gasteiger partial charge in [0.05, 0.1) is 5.92 Å². The quantitative estimate of drug-likeness (QED) is 0.874. The van der Waals surface area contributed by atoms with Crippen LogP contribution in [0.3, 0.4) is 0 Å². The third kappa shape index (κ3) is 5.46. The van der Waals surface area contributed by atoms with Crippen LogP contribution in [0.15, 0.2) is 30.3 Å². The summed E-state index contributed by atoms with van der Waals surface area (Å²) in [6, 6.07) is 9.77. The first-order chi connectivity index (χ1) is 11.7. The van der Waals surface area contributed by atoms with Crippen LogP contribution in [0, 0.1) is 5.92 Å². The molecule has 0 saturated carbocycles. The number of nitrogens with one attached hydrogen (secondary N) is 1. The number of carboxylic acid groups (broad SMARTS) is 1. The van der Waals surface area contributed by atoms with Crippen molar-refractivity contribution in [3.05, 3.63) is 35.9 Å². The highest BCUT2D eigenvalue weighted by Crippen LogP contribution is 2.23. The Morgan fingerprint density at radius 3 is 2.48 bits per heavy atom. The molecule has 0 aliphatic carbocycles. The van der Waals surface area contributed by atoms with E-state index in [0.717, 1.165) is 5.56 Å². The highest BCUT2D eigenvalue weighted by molar-refractivity contribution is 5.74. The molecule has 1 aromatic rings. The first kappa shape index (κ1) is 19.2. The van der Waals surface area contributed by atoms with E-state index in [9.17, 15) is 14.7 Å². The lowest BCUT2D eigenvalue weighted by atomic mass is 9.91. The molecular weight excluding hydrogens is 320 g/mol. The number of amides is 1. The summed E-state index contributed by atoms with van der Waals surface area (Å²) in [5, 5.41) is 13.0. The Morgan fingerprint density at radius 1 is 1.28 bits per heavy atom. The van der Waals surface area contributed by atoms with Gasteiger partial charge in [0.25, 0.3) is 0 Å². The number of carbonyl (C=O) groups excluding carboxylic acids is 1. The summed E-state index contributed by atoms with van der Waals surface area (Å²) in [7, 11) is 0. The molecule has 1 fully saturated rings. The fourth-order valence-electron chi connectivity index (χ4n) is 3.05. The third-order valence-corrected chi connectivity index (χ3v) is 4.35. The number of aliphatic carboxylic acids is 1. The maximum Gasteiger partial charge on any atom is 0.410 e. The van der Waals surface area contributed by atoms with E-state index < -0.39 is 23.6 Å². The monoisotopic (exact) mass is 348 g/mol. The molecule has 6 heteroatoms. The second-order valence-corrected chi connectivity index (χ2v) is 7.57. The van der Waals surface area contributed by atoms with Crippen molar-refractivity contribution in [2.45, 2.75) is 51.8 Å². The first-order valence-corrected chi connectivity index (χ1v) is 8.69. The summed E-state index contributed by atoms with van der Waals surface area (Å²) in [6.07, 6.45) is 0.126. The average Bonchev–Trinajstić information content (AvgIpc) is 2.54. The van der Waals surface area contributed by atoms with Gasteiger partial charge in [-0.25, -0.2) is 4.79 Å². The molecule has 2 N–H and O–H groups in total. The summed E-state index contributed by atoms with van der Waals surface area (Å²) in [6.45, 7) is 8.07. The van der Waals surface area contributed by atoms with Gasteiger partial charge in [0.1, 0.15) is 5.60 Å². The van der Waals surface area contributed by atoms with E-state index in [0.29, 0.717) is 13.0 Å². The van der Waals surface area contributed by atoms with Crippen LogP contribution in [0.1, 0.15) is 45.7 Å². The maximum absolute atomic E-state index is 12.2. The van der Waals surface area contributed by atoms with Crippen LogP contribution in [0.2, 0.25) is 0 Å². The summed E-state index contributed by atoms with van der Waals surface area (Å²) in [5.41, 5.74) is 0.522. The van der Waals surface area contributed by atoms with Gasteiger partial charge in [-0.3, -0.25) is 4.79 Å². The number of benzene rings is 1. The normalized spacial score (nSPS) is 22.3. The number of hydrogen-bond donors (Lipinski definition) is 2. The average molecular weight is 348 g/mol. The molecule has 1 amide bonds. The number of nitrogens with zero attached hydrogens (tertiary/aromatic N) is 1. The molecule has 0 radical (unpaired) electrons.